The average Bonchev–Trinajstić information content (AvgIpc) is 3.06. The van der Waals surface area contributed by atoms with E-state index >= 15 is 0 Å². The van der Waals surface area contributed by atoms with Crippen molar-refractivity contribution in [2.75, 3.05) is 30.8 Å². The van der Waals surface area contributed by atoms with Crippen LogP contribution in [-0.4, -0.2) is 45.8 Å². The van der Waals surface area contributed by atoms with Gasteiger partial charge in [-0.2, -0.15) is 0 Å². The third-order valence-corrected chi connectivity index (χ3v) is 5.70. The fourth-order valence-corrected chi connectivity index (χ4v) is 4.15. The first kappa shape index (κ1) is 16.6. The molecule has 1 saturated heterocycles. The monoisotopic (exact) mass is 357 g/mol. The zero-order chi connectivity index (χ0) is 17.5. The van der Waals surface area contributed by atoms with E-state index in [4.69, 9.17) is 13.9 Å². The van der Waals surface area contributed by atoms with Crippen LogP contribution in [0.3, 0.4) is 0 Å². The van der Waals surface area contributed by atoms with Gasteiger partial charge in [-0.15, -0.1) is 10.8 Å². The van der Waals surface area contributed by atoms with E-state index in [2.05, 4.69) is 0 Å². The fourth-order valence-electron chi connectivity index (χ4n) is 2.60. The number of hydrogen-bond donors (Lipinski definition) is 4. The molecule has 1 aliphatic heterocycles. The molecule has 3 rings (SSSR count). The van der Waals surface area contributed by atoms with E-state index in [0.717, 1.165) is 0 Å². The molecule has 0 spiro atoms. The van der Waals surface area contributed by atoms with Gasteiger partial charge >= 0.3 is 0 Å². The van der Waals surface area contributed by atoms with E-state index in [0.29, 0.717) is 30.0 Å². The Bertz CT molecular complexity index is 736. The Morgan fingerprint density at radius 2 is 1.67 bits per heavy atom. The normalized spacial score (nSPS) is 17.8. The zero-order valence-corrected chi connectivity index (χ0v) is 14.0. The number of anilines is 1. The van der Waals surface area contributed by atoms with Gasteiger partial charge in [0.05, 0.1) is 20.0 Å². The van der Waals surface area contributed by atoms with Gasteiger partial charge in [0, 0.05) is 18.2 Å². The van der Waals surface area contributed by atoms with Gasteiger partial charge in [-0.25, -0.2) is 4.31 Å². The number of rotatable bonds is 4. The number of aromatic hydroxyl groups is 2. The predicted octanol–water partition coefficient (Wildman–Crippen LogP) is 3.25. The molecule has 0 saturated carbocycles. The summed E-state index contributed by atoms with van der Waals surface area (Å²) in [6.07, 6.45) is 0.547. The van der Waals surface area contributed by atoms with Crippen LogP contribution < -0.4 is 13.8 Å². The molecular weight excluding hydrogens is 338 g/mol. The molecule has 9 heteroatoms. The minimum Gasteiger partial charge on any atom is -0.502 e. The lowest BCUT2D eigenvalue weighted by Gasteiger charge is -2.35. The second kappa shape index (κ2) is 6.00. The van der Waals surface area contributed by atoms with E-state index in [-0.39, 0.29) is 17.4 Å². The van der Waals surface area contributed by atoms with Crippen molar-refractivity contribution < 1.29 is 33.2 Å². The Balaban J connectivity index is 2.09. The maximum Gasteiger partial charge on any atom is 0.261 e. The molecule has 2 heterocycles. The van der Waals surface area contributed by atoms with Crippen LogP contribution in [0.25, 0.3) is 11.3 Å². The number of benzene rings is 1. The zero-order valence-electron chi connectivity index (χ0n) is 13.2. The van der Waals surface area contributed by atoms with E-state index in [1.165, 1.54) is 18.5 Å². The summed E-state index contributed by atoms with van der Waals surface area (Å²) in [5.41, 5.74) is 0.418. The van der Waals surface area contributed by atoms with Crippen LogP contribution in [0.4, 0.5) is 5.88 Å². The molecule has 4 N–H and O–H groups in total. The summed E-state index contributed by atoms with van der Waals surface area (Å²) in [6, 6.07) is 4.86. The van der Waals surface area contributed by atoms with Gasteiger partial charge in [0.15, 0.2) is 5.76 Å². The third kappa shape index (κ3) is 2.70. The van der Waals surface area contributed by atoms with E-state index in [1.54, 1.807) is 18.2 Å². The Morgan fingerprint density at radius 1 is 1.04 bits per heavy atom. The largest absolute Gasteiger partial charge is 0.502 e. The molecule has 0 radical (unpaired) electrons. The molecule has 8 nitrogen and oxygen atoms in total. The smallest absolute Gasteiger partial charge is 0.261 e. The number of nitrogens with zero attached hydrogens (tertiary/aromatic N) is 1. The molecule has 1 aliphatic rings. The summed E-state index contributed by atoms with van der Waals surface area (Å²) in [5.74, 6) is -0.0473. The minimum atomic E-state index is -3.05. The lowest BCUT2D eigenvalue weighted by atomic mass is 10.1. The highest BCUT2D eigenvalue weighted by Gasteiger charge is 2.36. The number of methoxy groups -OCH3 is 2. The van der Waals surface area contributed by atoms with Crippen LogP contribution in [0, 0.1) is 0 Å². The number of furan rings is 1. The minimum absolute atomic E-state index is 0.0122. The van der Waals surface area contributed by atoms with Crippen LogP contribution in [0.15, 0.2) is 22.6 Å². The Kier molecular flexibility index (Phi) is 4.16. The highest BCUT2D eigenvalue weighted by molar-refractivity contribution is 8.25. The molecule has 0 bridgehead atoms. The SMILES string of the molecule is COc1cc(OC)cc(-c2oc(N3CCCS3(O)O)c(O)c2O)c1. The first-order chi connectivity index (χ1) is 11.4. The summed E-state index contributed by atoms with van der Waals surface area (Å²) in [6.45, 7) is 0.309. The molecule has 0 atom stereocenters. The molecule has 132 valence electrons. The standard InChI is InChI=1S/C15H19NO7S/c1-21-10-6-9(7-11(8-10)22-2)14-12(17)13(18)15(23-14)16-4-3-5-24(16,19)20/h6-8,17-20H,3-5H2,1-2H3. The van der Waals surface area contributed by atoms with Crippen molar-refractivity contribution in [1.82, 2.24) is 0 Å². The van der Waals surface area contributed by atoms with Crippen LogP contribution in [0.5, 0.6) is 23.0 Å². The van der Waals surface area contributed by atoms with Gasteiger partial charge in [-0.1, -0.05) is 0 Å². The first-order valence-corrected chi connectivity index (χ1v) is 8.86. The summed E-state index contributed by atoms with van der Waals surface area (Å²) < 4.78 is 37.2. The van der Waals surface area contributed by atoms with Gasteiger partial charge in [-0.3, -0.25) is 9.11 Å². The summed E-state index contributed by atoms with van der Waals surface area (Å²) in [7, 11) is -0.0768. The van der Waals surface area contributed by atoms with Crippen LogP contribution >= 0.6 is 10.8 Å². The maximum absolute atomic E-state index is 10.2. The van der Waals surface area contributed by atoms with Gasteiger partial charge in [0.2, 0.25) is 11.5 Å². The predicted molar refractivity (Wildman–Crippen MR) is 90.3 cm³/mol. The molecule has 1 aromatic carbocycles. The topological polar surface area (TPSA) is 116 Å². The highest BCUT2D eigenvalue weighted by Crippen LogP contribution is 2.57. The van der Waals surface area contributed by atoms with E-state index in [9.17, 15) is 19.3 Å². The number of ether oxygens (including phenoxy) is 2. The van der Waals surface area contributed by atoms with Crippen molar-refractivity contribution in [1.29, 1.82) is 0 Å². The van der Waals surface area contributed by atoms with Crippen molar-refractivity contribution in [2.45, 2.75) is 6.42 Å². The van der Waals surface area contributed by atoms with Crippen molar-refractivity contribution in [3.05, 3.63) is 18.2 Å². The summed E-state index contributed by atoms with van der Waals surface area (Å²) >= 11 is 0. The summed E-state index contributed by atoms with van der Waals surface area (Å²) in [4.78, 5) is 0. The molecule has 2 aromatic rings. The Labute approximate surface area is 140 Å². The lowest BCUT2D eigenvalue weighted by molar-refractivity contribution is 0.394. The van der Waals surface area contributed by atoms with Gasteiger partial charge in [-0.05, 0) is 18.6 Å². The molecule has 1 aromatic heterocycles. The molecule has 0 unspecified atom stereocenters. The van der Waals surface area contributed by atoms with Crippen molar-refractivity contribution in [3.63, 3.8) is 0 Å². The quantitative estimate of drug-likeness (QED) is 0.659. The second-order valence-electron chi connectivity index (χ2n) is 5.33. The maximum atomic E-state index is 10.2. The van der Waals surface area contributed by atoms with Gasteiger partial charge in [0.25, 0.3) is 5.88 Å². The molecule has 0 amide bonds. The van der Waals surface area contributed by atoms with Crippen molar-refractivity contribution >= 4 is 16.7 Å². The van der Waals surface area contributed by atoms with Crippen LogP contribution in [0.2, 0.25) is 0 Å². The lowest BCUT2D eigenvalue weighted by Crippen LogP contribution is -2.21. The summed E-state index contributed by atoms with van der Waals surface area (Å²) in [5, 5.41) is 20.4. The van der Waals surface area contributed by atoms with E-state index in [1.807, 2.05) is 0 Å². The van der Waals surface area contributed by atoms with Crippen LogP contribution in [0.1, 0.15) is 6.42 Å². The Morgan fingerprint density at radius 3 is 2.17 bits per heavy atom. The number of hydrogen-bond acceptors (Lipinski definition) is 8. The van der Waals surface area contributed by atoms with Gasteiger partial charge < -0.3 is 24.1 Å². The highest BCUT2D eigenvalue weighted by atomic mass is 32.3. The molecule has 0 aliphatic carbocycles. The fraction of sp³-hybridized carbons (Fsp3) is 0.333. The molecule has 24 heavy (non-hydrogen) atoms. The third-order valence-electron chi connectivity index (χ3n) is 3.81. The van der Waals surface area contributed by atoms with Gasteiger partial charge in [0.1, 0.15) is 11.5 Å². The first-order valence-electron chi connectivity index (χ1n) is 7.19. The molecule has 1 fully saturated rings. The van der Waals surface area contributed by atoms with Crippen LogP contribution in [-0.2, 0) is 0 Å². The van der Waals surface area contributed by atoms with E-state index < -0.39 is 22.3 Å². The average molecular weight is 357 g/mol. The second-order valence-corrected chi connectivity index (χ2v) is 7.44. The van der Waals surface area contributed by atoms with Crippen molar-refractivity contribution in [2.24, 2.45) is 0 Å². The van der Waals surface area contributed by atoms with Crippen molar-refractivity contribution in [3.8, 4) is 34.3 Å². The molecular formula is C15H19NO7S. The Hall–Kier alpha value is -2.23.